The van der Waals surface area contributed by atoms with Gasteiger partial charge in [0.1, 0.15) is 0 Å². The molecule has 3 unspecified atom stereocenters. The SMILES string of the molecule is CC=C(C)C1CC2(CCC(=O)N1)C(=O)NC1=CC=CCC12. The van der Waals surface area contributed by atoms with Crippen LogP contribution < -0.4 is 10.6 Å². The first-order valence-electron chi connectivity index (χ1n) is 7.67. The van der Waals surface area contributed by atoms with Gasteiger partial charge in [-0.05, 0) is 39.2 Å². The fourth-order valence-corrected chi connectivity index (χ4v) is 3.81. The molecule has 0 aromatic carbocycles. The van der Waals surface area contributed by atoms with E-state index in [1.807, 2.05) is 32.1 Å². The Labute approximate surface area is 125 Å². The van der Waals surface area contributed by atoms with Crippen LogP contribution in [-0.2, 0) is 9.59 Å². The minimum atomic E-state index is -0.454. The summed E-state index contributed by atoms with van der Waals surface area (Å²) in [7, 11) is 0. The van der Waals surface area contributed by atoms with E-state index in [4.69, 9.17) is 0 Å². The largest absolute Gasteiger partial charge is 0.350 e. The maximum absolute atomic E-state index is 12.7. The standard InChI is InChI=1S/C17H22N2O2/c1-3-11(2)14-10-17(9-8-15(20)18-14)12-6-4-5-7-13(12)19-16(17)21/h3-5,7,12,14H,6,8-10H2,1-2H3,(H,18,20)(H,19,21). The smallest absolute Gasteiger partial charge is 0.231 e. The van der Waals surface area contributed by atoms with E-state index in [2.05, 4.69) is 16.7 Å². The van der Waals surface area contributed by atoms with Gasteiger partial charge in [-0.15, -0.1) is 0 Å². The van der Waals surface area contributed by atoms with Crippen LogP contribution in [0.3, 0.4) is 0 Å². The van der Waals surface area contributed by atoms with E-state index >= 15 is 0 Å². The summed E-state index contributed by atoms with van der Waals surface area (Å²) in [5, 5.41) is 6.12. The molecule has 0 aromatic heterocycles. The Balaban J connectivity index is 1.98. The second-order valence-electron chi connectivity index (χ2n) is 6.31. The maximum Gasteiger partial charge on any atom is 0.231 e. The van der Waals surface area contributed by atoms with Gasteiger partial charge in [-0.1, -0.05) is 23.8 Å². The molecule has 3 rings (SSSR count). The first-order chi connectivity index (χ1) is 10.1. The van der Waals surface area contributed by atoms with Crippen molar-refractivity contribution in [2.24, 2.45) is 11.3 Å². The normalized spacial score (nSPS) is 35.9. The number of rotatable bonds is 1. The lowest BCUT2D eigenvalue weighted by Crippen LogP contribution is -2.41. The zero-order chi connectivity index (χ0) is 15.0. The Morgan fingerprint density at radius 1 is 1.43 bits per heavy atom. The van der Waals surface area contributed by atoms with Crippen molar-refractivity contribution >= 4 is 11.8 Å². The molecule has 3 atom stereocenters. The van der Waals surface area contributed by atoms with Crippen molar-refractivity contribution < 1.29 is 9.59 Å². The number of fused-ring (bicyclic) bond motifs is 2. The number of carbonyl (C=O) groups is 2. The topological polar surface area (TPSA) is 58.2 Å². The number of allylic oxidation sites excluding steroid dienone is 5. The van der Waals surface area contributed by atoms with Gasteiger partial charge in [0.25, 0.3) is 0 Å². The van der Waals surface area contributed by atoms with Crippen molar-refractivity contribution in [1.82, 2.24) is 10.6 Å². The van der Waals surface area contributed by atoms with Crippen LogP contribution in [-0.4, -0.2) is 17.9 Å². The molecule has 1 aliphatic carbocycles. The molecule has 1 spiro atoms. The highest BCUT2D eigenvalue weighted by Crippen LogP contribution is 2.50. The molecule has 112 valence electrons. The van der Waals surface area contributed by atoms with Gasteiger partial charge in [0.2, 0.25) is 11.8 Å². The van der Waals surface area contributed by atoms with Crippen molar-refractivity contribution in [3.63, 3.8) is 0 Å². The van der Waals surface area contributed by atoms with Gasteiger partial charge in [0, 0.05) is 18.0 Å². The van der Waals surface area contributed by atoms with Gasteiger partial charge in [-0.3, -0.25) is 9.59 Å². The lowest BCUT2D eigenvalue weighted by atomic mass is 9.67. The molecule has 4 heteroatoms. The van der Waals surface area contributed by atoms with Gasteiger partial charge in [0.15, 0.2) is 0 Å². The molecule has 2 fully saturated rings. The number of nitrogens with one attached hydrogen (secondary N) is 2. The van der Waals surface area contributed by atoms with Gasteiger partial charge in [-0.2, -0.15) is 0 Å². The van der Waals surface area contributed by atoms with Crippen LogP contribution in [0.2, 0.25) is 0 Å². The molecule has 0 aromatic rings. The van der Waals surface area contributed by atoms with Gasteiger partial charge < -0.3 is 10.6 Å². The number of carbonyl (C=O) groups excluding carboxylic acids is 2. The summed E-state index contributed by atoms with van der Waals surface area (Å²) in [6, 6.07) is -0.0407. The average Bonchev–Trinajstić information content (AvgIpc) is 2.64. The molecule has 0 bridgehead atoms. The Morgan fingerprint density at radius 3 is 3.00 bits per heavy atom. The minimum Gasteiger partial charge on any atom is -0.350 e. The van der Waals surface area contributed by atoms with E-state index in [1.165, 1.54) is 0 Å². The average molecular weight is 286 g/mol. The Hall–Kier alpha value is -1.84. The molecule has 2 heterocycles. The number of hydrogen-bond acceptors (Lipinski definition) is 2. The monoisotopic (exact) mass is 286 g/mol. The summed E-state index contributed by atoms with van der Waals surface area (Å²) in [4.78, 5) is 24.7. The van der Waals surface area contributed by atoms with Crippen molar-refractivity contribution in [3.05, 3.63) is 35.6 Å². The van der Waals surface area contributed by atoms with Crippen molar-refractivity contribution in [2.45, 2.75) is 45.6 Å². The second-order valence-corrected chi connectivity index (χ2v) is 6.31. The molecule has 2 amide bonds. The highest BCUT2D eigenvalue weighted by Gasteiger charge is 2.54. The summed E-state index contributed by atoms with van der Waals surface area (Å²) in [5.41, 5.74) is 1.69. The summed E-state index contributed by atoms with van der Waals surface area (Å²) in [5.74, 6) is 0.331. The third kappa shape index (κ3) is 2.23. The van der Waals surface area contributed by atoms with Crippen LogP contribution in [0.4, 0.5) is 0 Å². The molecule has 21 heavy (non-hydrogen) atoms. The van der Waals surface area contributed by atoms with E-state index < -0.39 is 5.41 Å². The zero-order valence-corrected chi connectivity index (χ0v) is 12.6. The first kappa shape index (κ1) is 14.1. The predicted octanol–water partition coefficient (Wildman–Crippen LogP) is 2.20. The predicted molar refractivity (Wildman–Crippen MR) is 81.1 cm³/mol. The summed E-state index contributed by atoms with van der Waals surface area (Å²) in [6.45, 7) is 4.00. The van der Waals surface area contributed by atoms with E-state index in [0.717, 1.165) is 17.7 Å². The Morgan fingerprint density at radius 2 is 2.24 bits per heavy atom. The minimum absolute atomic E-state index is 0.0407. The van der Waals surface area contributed by atoms with Crippen LogP contribution in [0.1, 0.15) is 39.5 Å². The Bertz CT molecular complexity index is 573. The van der Waals surface area contributed by atoms with Crippen molar-refractivity contribution in [1.29, 1.82) is 0 Å². The van der Waals surface area contributed by atoms with Crippen molar-refractivity contribution in [3.8, 4) is 0 Å². The molecular weight excluding hydrogens is 264 g/mol. The van der Waals surface area contributed by atoms with Crippen LogP contribution in [0.25, 0.3) is 0 Å². The highest BCUT2D eigenvalue weighted by molar-refractivity contribution is 5.90. The molecule has 0 radical (unpaired) electrons. The van der Waals surface area contributed by atoms with Crippen LogP contribution >= 0.6 is 0 Å². The van der Waals surface area contributed by atoms with E-state index in [9.17, 15) is 9.59 Å². The maximum atomic E-state index is 12.7. The first-order valence-corrected chi connectivity index (χ1v) is 7.67. The third-order valence-electron chi connectivity index (χ3n) is 5.24. The van der Waals surface area contributed by atoms with Crippen LogP contribution in [0, 0.1) is 11.3 Å². The summed E-state index contributed by atoms with van der Waals surface area (Å²) < 4.78 is 0. The third-order valence-corrected chi connectivity index (χ3v) is 5.24. The molecule has 2 saturated heterocycles. The fourth-order valence-electron chi connectivity index (χ4n) is 3.81. The molecule has 2 aliphatic heterocycles. The second kappa shape index (κ2) is 5.17. The van der Waals surface area contributed by atoms with Crippen molar-refractivity contribution in [2.75, 3.05) is 0 Å². The molecule has 2 N–H and O–H groups in total. The van der Waals surface area contributed by atoms with Crippen LogP contribution in [0.5, 0.6) is 0 Å². The van der Waals surface area contributed by atoms with Gasteiger partial charge >= 0.3 is 0 Å². The molecule has 4 nitrogen and oxygen atoms in total. The lowest BCUT2D eigenvalue weighted by Gasteiger charge is -2.34. The lowest BCUT2D eigenvalue weighted by molar-refractivity contribution is -0.129. The molecule has 3 aliphatic rings. The number of hydrogen-bond donors (Lipinski definition) is 2. The number of amides is 2. The Kier molecular flexibility index (Phi) is 3.47. The van der Waals surface area contributed by atoms with E-state index in [0.29, 0.717) is 19.3 Å². The van der Waals surface area contributed by atoms with Crippen LogP contribution in [0.15, 0.2) is 35.6 Å². The quantitative estimate of drug-likeness (QED) is 0.726. The molecular formula is C17H22N2O2. The molecule has 0 saturated carbocycles. The van der Waals surface area contributed by atoms with Gasteiger partial charge in [0.05, 0.1) is 11.5 Å². The zero-order valence-electron chi connectivity index (χ0n) is 12.6. The highest BCUT2D eigenvalue weighted by atomic mass is 16.2. The van der Waals surface area contributed by atoms with E-state index in [1.54, 1.807) is 0 Å². The fraction of sp³-hybridized carbons (Fsp3) is 0.529. The summed E-state index contributed by atoms with van der Waals surface area (Å²) >= 11 is 0. The van der Waals surface area contributed by atoms with E-state index in [-0.39, 0.29) is 23.8 Å². The van der Waals surface area contributed by atoms with Gasteiger partial charge in [-0.25, -0.2) is 0 Å². The summed E-state index contributed by atoms with van der Waals surface area (Å²) in [6.07, 6.45) is 10.8.